The minimum atomic E-state index is -4.80. The molecule has 3 aromatic rings. The predicted molar refractivity (Wildman–Crippen MR) is 156 cm³/mol. The van der Waals surface area contributed by atoms with Crippen molar-refractivity contribution in [2.24, 2.45) is 5.73 Å². The number of phosphoric acid groups is 1. The van der Waals surface area contributed by atoms with E-state index in [-0.39, 0.29) is 51.2 Å². The number of hydrogen-bond donors (Lipinski definition) is 6. The van der Waals surface area contributed by atoms with Crippen LogP contribution in [0.15, 0.2) is 75.9 Å². The fourth-order valence-corrected chi connectivity index (χ4v) is 5.19. The lowest BCUT2D eigenvalue weighted by Gasteiger charge is -2.19. The number of nitrogens with one attached hydrogen (secondary N) is 1. The number of primary amides is 1. The summed E-state index contributed by atoms with van der Waals surface area (Å²) in [5.41, 5.74) is 3.67. The van der Waals surface area contributed by atoms with Crippen molar-refractivity contribution in [3.8, 4) is 33.9 Å². The number of carboxylic acid groups (broad SMARTS) is 1. The van der Waals surface area contributed by atoms with Gasteiger partial charge in [0.1, 0.15) is 23.1 Å². The first-order valence-corrected chi connectivity index (χ1v) is 14.5. The molecule has 2 aliphatic rings. The second kappa shape index (κ2) is 12.0. The minimum Gasteiger partial charge on any atom is -0.505 e. The third kappa shape index (κ3) is 6.56. The maximum atomic E-state index is 14.5. The SMILES string of the molecule is NC(=O)C(Cc1ccc(OP(=O)(O)O)cc1)NC(=O)c1ccc(-c2c3cc(F)c(=O)cc-3oc3cc(O)c(F)cc23)c(C(=O)O)c1. The Morgan fingerprint density at radius 3 is 2.28 bits per heavy atom. The van der Waals surface area contributed by atoms with Gasteiger partial charge in [-0.15, -0.1) is 0 Å². The zero-order chi connectivity index (χ0) is 33.5. The van der Waals surface area contributed by atoms with E-state index in [1.807, 2.05) is 0 Å². The molecule has 1 unspecified atom stereocenters. The summed E-state index contributed by atoms with van der Waals surface area (Å²) in [6.45, 7) is 0. The molecular weight excluding hydrogens is 633 g/mol. The summed E-state index contributed by atoms with van der Waals surface area (Å²) in [6, 6.07) is 10.6. The van der Waals surface area contributed by atoms with Crippen molar-refractivity contribution in [3.05, 3.63) is 105 Å². The first-order valence-electron chi connectivity index (χ1n) is 13.0. The Labute approximate surface area is 256 Å². The highest BCUT2D eigenvalue weighted by Crippen LogP contribution is 2.43. The highest BCUT2D eigenvalue weighted by Gasteiger charge is 2.26. The Balaban J connectivity index is 1.53. The average Bonchev–Trinajstić information content (AvgIpc) is 2.97. The lowest BCUT2D eigenvalue weighted by Crippen LogP contribution is -2.45. The highest BCUT2D eigenvalue weighted by atomic mass is 31.2. The summed E-state index contributed by atoms with van der Waals surface area (Å²) in [7, 11) is -4.80. The van der Waals surface area contributed by atoms with E-state index >= 15 is 0 Å². The molecule has 46 heavy (non-hydrogen) atoms. The molecule has 0 spiro atoms. The normalized spacial score (nSPS) is 12.2. The number of carboxylic acids is 1. The highest BCUT2D eigenvalue weighted by molar-refractivity contribution is 7.46. The molecule has 16 heteroatoms. The van der Waals surface area contributed by atoms with Crippen LogP contribution in [0.1, 0.15) is 26.3 Å². The summed E-state index contributed by atoms with van der Waals surface area (Å²) in [6.07, 6.45) is -0.154. The Kier molecular flexibility index (Phi) is 8.32. The van der Waals surface area contributed by atoms with Gasteiger partial charge in [-0.25, -0.2) is 18.1 Å². The number of carbonyl (C=O) groups excluding carboxylic acids is 2. The molecule has 0 saturated carbocycles. The van der Waals surface area contributed by atoms with Gasteiger partial charge in [-0.2, -0.15) is 0 Å². The summed E-state index contributed by atoms with van der Waals surface area (Å²) >= 11 is 0. The fraction of sp³-hybridized carbons (Fsp3) is 0.0667. The lowest BCUT2D eigenvalue weighted by atomic mass is 9.89. The van der Waals surface area contributed by atoms with Gasteiger partial charge in [-0.1, -0.05) is 18.2 Å². The molecule has 3 aromatic carbocycles. The number of phenols is 1. The van der Waals surface area contributed by atoms with E-state index < -0.39 is 60.0 Å². The van der Waals surface area contributed by atoms with E-state index in [0.717, 1.165) is 30.3 Å². The Morgan fingerprint density at radius 2 is 1.65 bits per heavy atom. The fourth-order valence-electron chi connectivity index (χ4n) is 4.79. The van der Waals surface area contributed by atoms with E-state index in [0.29, 0.717) is 5.56 Å². The molecule has 13 nitrogen and oxygen atoms in total. The number of carbonyl (C=O) groups is 3. The summed E-state index contributed by atoms with van der Waals surface area (Å²) < 4.78 is 50.0. The maximum absolute atomic E-state index is 14.5. The quantitative estimate of drug-likeness (QED) is 0.0995. The molecule has 0 saturated heterocycles. The minimum absolute atomic E-state index is 0.0698. The van der Waals surface area contributed by atoms with Crippen LogP contribution < -0.4 is 21.0 Å². The van der Waals surface area contributed by atoms with Crippen LogP contribution in [-0.4, -0.2) is 43.8 Å². The second-order valence-electron chi connectivity index (χ2n) is 9.98. The van der Waals surface area contributed by atoms with Crippen molar-refractivity contribution in [2.45, 2.75) is 12.5 Å². The zero-order valence-corrected chi connectivity index (χ0v) is 24.0. The largest absolute Gasteiger partial charge is 0.524 e. The number of hydrogen-bond acceptors (Lipinski definition) is 8. The van der Waals surface area contributed by atoms with Gasteiger partial charge < -0.3 is 30.2 Å². The average molecular weight is 654 g/mol. The Bertz CT molecular complexity index is 2130. The van der Waals surface area contributed by atoms with E-state index in [1.165, 1.54) is 36.4 Å². The van der Waals surface area contributed by atoms with Crippen molar-refractivity contribution in [3.63, 3.8) is 0 Å². The third-order valence-electron chi connectivity index (χ3n) is 6.86. The number of halogens is 2. The van der Waals surface area contributed by atoms with Gasteiger partial charge in [0.2, 0.25) is 11.3 Å². The van der Waals surface area contributed by atoms with Crippen molar-refractivity contribution >= 4 is 36.6 Å². The first-order chi connectivity index (χ1) is 21.6. The molecule has 5 rings (SSSR count). The van der Waals surface area contributed by atoms with Gasteiger partial charge in [0.25, 0.3) is 5.91 Å². The molecule has 7 N–H and O–H groups in total. The van der Waals surface area contributed by atoms with E-state index in [4.69, 9.17) is 19.9 Å². The number of nitrogens with two attached hydrogens (primary N) is 1. The van der Waals surface area contributed by atoms with Crippen LogP contribution in [0, 0.1) is 11.6 Å². The van der Waals surface area contributed by atoms with Gasteiger partial charge in [-0.3, -0.25) is 24.2 Å². The smallest absolute Gasteiger partial charge is 0.505 e. The predicted octanol–water partition coefficient (Wildman–Crippen LogP) is 3.54. The molecule has 1 atom stereocenters. The standard InChI is InChI=1S/C30H21F2N2O11P/c31-20-9-18-25(11-23(20)35)44-26-12-24(36)21(32)10-19(26)27(18)16-6-3-14(8-17(16)30(39)40)29(38)34-22(28(33)37)7-13-1-4-15(5-2-13)45-46(41,42)43/h1-6,8-12,22,35H,7H2,(H2,33,37)(H,34,38)(H,39,40)(H2,41,42,43). The topological polar surface area (TPSA) is 227 Å². The van der Waals surface area contributed by atoms with Crippen molar-refractivity contribution < 1.29 is 56.7 Å². The third-order valence-corrected chi connectivity index (χ3v) is 7.31. The van der Waals surface area contributed by atoms with Crippen molar-refractivity contribution in [1.82, 2.24) is 5.32 Å². The van der Waals surface area contributed by atoms with E-state index in [1.54, 1.807) is 0 Å². The van der Waals surface area contributed by atoms with Crippen LogP contribution in [0.5, 0.6) is 11.5 Å². The van der Waals surface area contributed by atoms with Gasteiger partial charge in [-0.05, 0) is 47.5 Å². The summed E-state index contributed by atoms with van der Waals surface area (Å²) in [4.78, 5) is 67.6. The summed E-state index contributed by atoms with van der Waals surface area (Å²) in [5.74, 6) is -6.84. The van der Waals surface area contributed by atoms with Crippen LogP contribution in [0.4, 0.5) is 8.78 Å². The monoisotopic (exact) mass is 654 g/mol. The molecule has 1 aliphatic heterocycles. The Morgan fingerprint density at radius 1 is 0.957 bits per heavy atom. The molecule has 236 valence electrons. The van der Waals surface area contributed by atoms with Crippen LogP contribution in [0.3, 0.4) is 0 Å². The number of rotatable bonds is 9. The van der Waals surface area contributed by atoms with Crippen molar-refractivity contribution in [1.29, 1.82) is 0 Å². The van der Waals surface area contributed by atoms with E-state index in [2.05, 4.69) is 9.84 Å². The van der Waals surface area contributed by atoms with Gasteiger partial charge in [0.05, 0.1) is 5.56 Å². The number of phosphoric ester groups is 1. The van der Waals surface area contributed by atoms with Gasteiger partial charge >= 0.3 is 13.8 Å². The molecule has 1 aliphatic carbocycles. The van der Waals surface area contributed by atoms with Crippen LogP contribution in [0.2, 0.25) is 0 Å². The number of fused-ring (bicyclic) bond motifs is 2. The number of phenolic OH excluding ortho intramolecular Hbond substituents is 1. The maximum Gasteiger partial charge on any atom is 0.524 e. The first kappa shape index (κ1) is 31.8. The van der Waals surface area contributed by atoms with Crippen LogP contribution in [0.25, 0.3) is 33.4 Å². The van der Waals surface area contributed by atoms with Gasteiger partial charge in [0, 0.05) is 40.6 Å². The molecule has 0 radical (unpaired) electrons. The number of aromatic carboxylic acids is 1. The van der Waals surface area contributed by atoms with Crippen LogP contribution in [-0.2, 0) is 15.8 Å². The van der Waals surface area contributed by atoms with E-state index in [9.17, 15) is 42.7 Å². The number of benzene rings is 4. The van der Waals surface area contributed by atoms with Gasteiger partial charge in [0.15, 0.2) is 17.4 Å². The van der Waals surface area contributed by atoms with Crippen molar-refractivity contribution in [2.75, 3.05) is 0 Å². The molecule has 0 aromatic heterocycles. The summed E-state index contributed by atoms with van der Waals surface area (Å²) in [5, 5.41) is 22.3. The number of aromatic hydroxyl groups is 1. The Hall–Kier alpha value is -5.63. The molecule has 1 heterocycles. The molecule has 0 bridgehead atoms. The molecule has 2 amide bonds. The molecule has 0 fully saturated rings. The lowest BCUT2D eigenvalue weighted by molar-refractivity contribution is -0.119. The molecular formula is C30H21F2N2O11P. The van der Waals surface area contributed by atoms with Crippen LogP contribution >= 0.6 is 7.82 Å². The second-order valence-corrected chi connectivity index (χ2v) is 11.1. The number of amides is 2. The zero-order valence-electron chi connectivity index (χ0n) is 23.1.